The number of nitrogens with zero attached hydrogens (tertiary/aromatic N) is 2. The molecule has 0 aliphatic heterocycles. The van der Waals surface area contributed by atoms with Crippen molar-refractivity contribution in [3.05, 3.63) is 18.2 Å². The molecule has 84 valence electrons. The van der Waals surface area contributed by atoms with Crippen molar-refractivity contribution >= 4 is 0 Å². The molecule has 0 amide bonds. The van der Waals surface area contributed by atoms with Gasteiger partial charge < -0.3 is 9.67 Å². The van der Waals surface area contributed by atoms with Gasteiger partial charge in [-0.25, -0.2) is 4.98 Å². The number of aliphatic hydroxyl groups excluding tert-OH is 1. The lowest BCUT2D eigenvalue weighted by Gasteiger charge is -2.29. The van der Waals surface area contributed by atoms with Crippen LogP contribution in [0.4, 0.5) is 0 Å². The van der Waals surface area contributed by atoms with Crippen molar-refractivity contribution in [1.82, 2.24) is 9.55 Å². The van der Waals surface area contributed by atoms with Crippen LogP contribution in [0, 0.1) is 11.8 Å². The summed E-state index contributed by atoms with van der Waals surface area (Å²) in [6.45, 7) is 3.47. The molecule has 0 aromatic carbocycles. The molecule has 0 spiro atoms. The zero-order chi connectivity index (χ0) is 10.7. The molecule has 15 heavy (non-hydrogen) atoms. The summed E-state index contributed by atoms with van der Waals surface area (Å²) >= 11 is 0. The Hall–Kier alpha value is -0.830. The van der Waals surface area contributed by atoms with E-state index in [4.69, 9.17) is 5.11 Å². The van der Waals surface area contributed by atoms with Crippen LogP contribution >= 0.6 is 0 Å². The lowest BCUT2D eigenvalue weighted by atomic mass is 9.80. The third kappa shape index (κ3) is 2.40. The van der Waals surface area contributed by atoms with E-state index < -0.39 is 0 Å². The van der Waals surface area contributed by atoms with Gasteiger partial charge in [-0.15, -0.1) is 0 Å². The third-order valence-electron chi connectivity index (χ3n) is 3.68. The number of imidazole rings is 1. The molecule has 3 heteroatoms. The van der Waals surface area contributed by atoms with Crippen molar-refractivity contribution < 1.29 is 5.11 Å². The topological polar surface area (TPSA) is 38.0 Å². The molecular weight excluding hydrogens is 188 g/mol. The van der Waals surface area contributed by atoms with Crippen LogP contribution in [0.3, 0.4) is 0 Å². The summed E-state index contributed by atoms with van der Waals surface area (Å²) in [5.41, 5.74) is 0.938. The summed E-state index contributed by atoms with van der Waals surface area (Å²) in [7, 11) is 0. The molecule has 1 aromatic heterocycles. The quantitative estimate of drug-likeness (QED) is 0.827. The largest absolute Gasteiger partial charge is 0.390 e. The first-order chi connectivity index (χ1) is 7.31. The zero-order valence-electron chi connectivity index (χ0n) is 9.39. The first kappa shape index (κ1) is 10.7. The molecule has 0 radical (unpaired) electrons. The average molecular weight is 208 g/mol. The lowest BCUT2D eigenvalue weighted by Crippen LogP contribution is -2.22. The van der Waals surface area contributed by atoms with Crippen molar-refractivity contribution in [2.45, 2.75) is 45.8 Å². The predicted octanol–water partition coefficient (Wildman–Crippen LogP) is 2.20. The van der Waals surface area contributed by atoms with Gasteiger partial charge in [0.05, 0.1) is 24.8 Å². The van der Waals surface area contributed by atoms with E-state index in [0.717, 1.165) is 24.1 Å². The number of hydrogen-bond donors (Lipinski definition) is 1. The maximum Gasteiger partial charge on any atom is 0.0948 e. The Balaban J connectivity index is 2.01. The standard InChI is InChI=1S/C12H20N2O/c1-10-4-2-3-5-11(10)7-14-9-13-6-12(14)8-15/h6,9-11,15H,2-5,7-8H2,1H3. The van der Waals surface area contributed by atoms with Gasteiger partial charge in [-0.2, -0.15) is 0 Å². The Morgan fingerprint density at radius 2 is 2.27 bits per heavy atom. The van der Waals surface area contributed by atoms with Crippen LogP contribution in [0.5, 0.6) is 0 Å². The molecule has 1 N–H and O–H groups in total. The SMILES string of the molecule is CC1CCCCC1Cn1cncc1CO. The van der Waals surface area contributed by atoms with Crippen LogP contribution < -0.4 is 0 Å². The Labute approximate surface area is 91.1 Å². The second kappa shape index (κ2) is 4.79. The summed E-state index contributed by atoms with van der Waals surface area (Å²) in [6.07, 6.45) is 9.02. The van der Waals surface area contributed by atoms with Gasteiger partial charge in [-0.05, 0) is 18.3 Å². The van der Waals surface area contributed by atoms with E-state index in [2.05, 4.69) is 16.5 Å². The van der Waals surface area contributed by atoms with Crippen LogP contribution in [-0.2, 0) is 13.2 Å². The second-order valence-corrected chi connectivity index (χ2v) is 4.72. The maximum atomic E-state index is 9.14. The van der Waals surface area contributed by atoms with Crippen molar-refractivity contribution in [2.24, 2.45) is 11.8 Å². The van der Waals surface area contributed by atoms with Crippen LogP contribution in [0.1, 0.15) is 38.3 Å². The number of aliphatic hydroxyl groups is 1. The maximum absolute atomic E-state index is 9.14. The lowest BCUT2D eigenvalue weighted by molar-refractivity contribution is 0.217. The molecule has 1 aliphatic carbocycles. The Bertz CT molecular complexity index is 308. The smallest absolute Gasteiger partial charge is 0.0948 e. The minimum Gasteiger partial charge on any atom is -0.390 e. The molecule has 1 aliphatic rings. The highest BCUT2D eigenvalue weighted by Crippen LogP contribution is 2.30. The first-order valence-corrected chi connectivity index (χ1v) is 5.91. The molecule has 2 atom stereocenters. The highest BCUT2D eigenvalue weighted by atomic mass is 16.3. The van der Waals surface area contributed by atoms with Crippen LogP contribution in [0.15, 0.2) is 12.5 Å². The Morgan fingerprint density at radius 3 is 3.00 bits per heavy atom. The zero-order valence-corrected chi connectivity index (χ0v) is 9.39. The van der Waals surface area contributed by atoms with E-state index in [-0.39, 0.29) is 6.61 Å². The van der Waals surface area contributed by atoms with E-state index in [1.165, 1.54) is 25.7 Å². The summed E-state index contributed by atoms with van der Waals surface area (Å²) in [5, 5.41) is 9.14. The van der Waals surface area contributed by atoms with Crippen molar-refractivity contribution in [1.29, 1.82) is 0 Å². The van der Waals surface area contributed by atoms with Gasteiger partial charge >= 0.3 is 0 Å². The minimum atomic E-state index is 0.0983. The van der Waals surface area contributed by atoms with Crippen molar-refractivity contribution in [2.75, 3.05) is 0 Å². The third-order valence-corrected chi connectivity index (χ3v) is 3.68. The van der Waals surface area contributed by atoms with Crippen molar-refractivity contribution in [3.8, 4) is 0 Å². The van der Waals surface area contributed by atoms with Gasteiger partial charge in [0.25, 0.3) is 0 Å². The summed E-state index contributed by atoms with van der Waals surface area (Å²) in [5.74, 6) is 1.57. The molecule has 1 aromatic rings. The molecule has 1 fully saturated rings. The Morgan fingerprint density at radius 1 is 1.47 bits per heavy atom. The minimum absolute atomic E-state index is 0.0983. The first-order valence-electron chi connectivity index (χ1n) is 5.91. The van der Waals surface area contributed by atoms with Gasteiger partial charge in [0.15, 0.2) is 0 Å². The van der Waals surface area contributed by atoms with E-state index >= 15 is 0 Å². The molecular formula is C12H20N2O. The highest BCUT2D eigenvalue weighted by Gasteiger charge is 2.21. The van der Waals surface area contributed by atoms with Gasteiger partial charge in [0, 0.05) is 6.54 Å². The molecule has 1 saturated carbocycles. The fraction of sp³-hybridized carbons (Fsp3) is 0.750. The van der Waals surface area contributed by atoms with Gasteiger partial charge in [-0.1, -0.05) is 26.2 Å². The van der Waals surface area contributed by atoms with Crippen LogP contribution in [-0.4, -0.2) is 14.7 Å². The average Bonchev–Trinajstić information content (AvgIpc) is 2.69. The summed E-state index contributed by atoms with van der Waals surface area (Å²) in [4.78, 5) is 4.09. The monoisotopic (exact) mass is 208 g/mol. The summed E-state index contributed by atoms with van der Waals surface area (Å²) in [6, 6.07) is 0. The second-order valence-electron chi connectivity index (χ2n) is 4.72. The molecule has 0 saturated heterocycles. The van der Waals surface area contributed by atoms with E-state index in [1.807, 2.05) is 6.33 Å². The van der Waals surface area contributed by atoms with E-state index in [1.54, 1.807) is 6.20 Å². The molecule has 2 rings (SSSR count). The van der Waals surface area contributed by atoms with Gasteiger partial charge in [0.1, 0.15) is 0 Å². The van der Waals surface area contributed by atoms with Crippen LogP contribution in [0.2, 0.25) is 0 Å². The predicted molar refractivity (Wildman–Crippen MR) is 59.3 cm³/mol. The normalized spacial score (nSPS) is 26.8. The highest BCUT2D eigenvalue weighted by molar-refractivity contribution is 4.96. The van der Waals surface area contributed by atoms with Gasteiger partial charge in [-0.3, -0.25) is 0 Å². The summed E-state index contributed by atoms with van der Waals surface area (Å²) < 4.78 is 2.10. The number of aromatic nitrogens is 2. The fourth-order valence-electron chi connectivity index (χ4n) is 2.56. The van der Waals surface area contributed by atoms with E-state index in [0.29, 0.717) is 0 Å². The Kier molecular flexibility index (Phi) is 3.41. The fourth-order valence-corrected chi connectivity index (χ4v) is 2.56. The van der Waals surface area contributed by atoms with Crippen LogP contribution in [0.25, 0.3) is 0 Å². The van der Waals surface area contributed by atoms with Gasteiger partial charge in [0.2, 0.25) is 0 Å². The number of hydrogen-bond acceptors (Lipinski definition) is 2. The van der Waals surface area contributed by atoms with E-state index in [9.17, 15) is 0 Å². The molecule has 1 heterocycles. The molecule has 2 unspecified atom stereocenters. The molecule has 0 bridgehead atoms. The van der Waals surface area contributed by atoms with Crippen molar-refractivity contribution in [3.63, 3.8) is 0 Å². The molecule has 3 nitrogen and oxygen atoms in total. The number of rotatable bonds is 3.